The van der Waals surface area contributed by atoms with Crippen molar-refractivity contribution in [3.05, 3.63) is 41.3 Å². The van der Waals surface area contributed by atoms with Gasteiger partial charge in [-0.2, -0.15) is 4.31 Å². The Kier molecular flexibility index (Phi) is 5.24. The van der Waals surface area contributed by atoms with E-state index >= 15 is 0 Å². The molecule has 0 bridgehead atoms. The largest absolute Gasteiger partial charge is 0.360 e. The highest BCUT2D eigenvalue weighted by molar-refractivity contribution is 7.89. The normalized spacial score (nSPS) is 18.0. The standard InChI is InChI=1S/C19H23N5O5S/c1-13-17(14(2)29-21-13)30(27,28)23-10-8-22(9-11-23)18(25)15-4-3-5-16(12-15)24-7-6-20-19(24)26/h3-5,12H,6-11H2,1-2H3,(H,20,26). The number of anilines is 1. The second kappa shape index (κ2) is 7.73. The zero-order chi connectivity index (χ0) is 21.5. The highest BCUT2D eigenvalue weighted by atomic mass is 32.2. The third kappa shape index (κ3) is 3.54. The first-order chi connectivity index (χ1) is 14.3. The quantitative estimate of drug-likeness (QED) is 0.768. The zero-order valence-corrected chi connectivity index (χ0v) is 17.6. The monoisotopic (exact) mass is 433 g/mol. The lowest BCUT2D eigenvalue weighted by Gasteiger charge is -2.34. The van der Waals surface area contributed by atoms with Crippen LogP contribution in [-0.4, -0.2) is 74.0 Å². The van der Waals surface area contributed by atoms with Crippen LogP contribution >= 0.6 is 0 Å². The van der Waals surface area contributed by atoms with Crippen molar-refractivity contribution in [1.29, 1.82) is 0 Å². The predicted octanol–water partition coefficient (Wildman–Crippen LogP) is 0.968. The number of hydrogen-bond donors (Lipinski definition) is 1. The highest BCUT2D eigenvalue weighted by Crippen LogP contribution is 2.25. The summed E-state index contributed by atoms with van der Waals surface area (Å²) >= 11 is 0. The summed E-state index contributed by atoms with van der Waals surface area (Å²) in [6.07, 6.45) is 0. The Labute approximate surface area is 174 Å². The Morgan fingerprint density at radius 3 is 2.47 bits per heavy atom. The summed E-state index contributed by atoms with van der Waals surface area (Å²) in [7, 11) is -3.73. The topological polar surface area (TPSA) is 116 Å². The minimum absolute atomic E-state index is 0.0962. The third-order valence-corrected chi connectivity index (χ3v) is 7.50. The molecule has 2 aromatic rings. The average Bonchev–Trinajstić information content (AvgIpc) is 3.32. The number of carbonyl (C=O) groups excluding carboxylic acids is 2. The van der Waals surface area contributed by atoms with Gasteiger partial charge in [0.05, 0.1) is 0 Å². The molecule has 2 aliphatic heterocycles. The molecular weight excluding hydrogens is 410 g/mol. The van der Waals surface area contributed by atoms with Gasteiger partial charge in [0.25, 0.3) is 5.91 Å². The zero-order valence-electron chi connectivity index (χ0n) is 16.8. The van der Waals surface area contributed by atoms with Gasteiger partial charge in [0.1, 0.15) is 10.6 Å². The lowest BCUT2D eigenvalue weighted by atomic mass is 10.1. The Hall–Kier alpha value is -2.92. The molecular formula is C19H23N5O5S. The van der Waals surface area contributed by atoms with Crippen molar-refractivity contribution < 1.29 is 22.5 Å². The van der Waals surface area contributed by atoms with Crippen molar-refractivity contribution in [2.75, 3.05) is 44.2 Å². The van der Waals surface area contributed by atoms with Crippen LogP contribution in [0.2, 0.25) is 0 Å². The van der Waals surface area contributed by atoms with Gasteiger partial charge in [-0.05, 0) is 32.0 Å². The van der Waals surface area contributed by atoms with Crippen molar-refractivity contribution in [3.63, 3.8) is 0 Å². The summed E-state index contributed by atoms with van der Waals surface area (Å²) < 4.78 is 32.2. The SMILES string of the molecule is Cc1noc(C)c1S(=O)(=O)N1CCN(C(=O)c2cccc(N3CCNC3=O)c2)CC1. The van der Waals surface area contributed by atoms with Crippen LogP contribution in [0.3, 0.4) is 0 Å². The number of piperazine rings is 1. The minimum atomic E-state index is -3.73. The second-order valence-corrected chi connectivity index (χ2v) is 9.16. The van der Waals surface area contributed by atoms with Crippen molar-refractivity contribution in [3.8, 4) is 0 Å². The molecule has 1 aromatic carbocycles. The van der Waals surface area contributed by atoms with Gasteiger partial charge in [0, 0.05) is 50.5 Å². The highest BCUT2D eigenvalue weighted by Gasteiger charge is 2.34. The fourth-order valence-corrected chi connectivity index (χ4v) is 5.52. The van der Waals surface area contributed by atoms with E-state index in [9.17, 15) is 18.0 Å². The third-order valence-electron chi connectivity index (χ3n) is 5.35. The molecule has 1 aromatic heterocycles. The molecule has 30 heavy (non-hydrogen) atoms. The van der Waals surface area contributed by atoms with Crippen LogP contribution in [0.25, 0.3) is 0 Å². The van der Waals surface area contributed by atoms with Crippen LogP contribution < -0.4 is 10.2 Å². The Balaban J connectivity index is 1.46. The van der Waals surface area contributed by atoms with Crippen LogP contribution in [0, 0.1) is 13.8 Å². The molecule has 4 rings (SSSR count). The maximum Gasteiger partial charge on any atom is 0.321 e. The minimum Gasteiger partial charge on any atom is -0.360 e. The van der Waals surface area contributed by atoms with Crippen LogP contribution in [0.1, 0.15) is 21.8 Å². The first kappa shape index (κ1) is 20.4. The first-order valence-corrected chi connectivity index (χ1v) is 11.1. The van der Waals surface area contributed by atoms with Gasteiger partial charge in [-0.25, -0.2) is 13.2 Å². The molecule has 10 nitrogen and oxygen atoms in total. The molecule has 2 fully saturated rings. The smallest absolute Gasteiger partial charge is 0.321 e. The molecule has 160 valence electrons. The molecule has 1 N–H and O–H groups in total. The molecule has 0 radical (unpaired) electrons. The van der Waals surface area contributed by atoms with E-state index in [1.54, 1.807) is 47.9 Å². The van der Waals surface area contributed by atoms with Crippen LogP contribution in [0.15, 0.2) is 33.7 Å². The van der Waals surface area contributed by atoms with E-state index in [1.165, 1.54) is 4.31 Å². The van der Waals surface area contributed by atoms with E-state index in [-0.39, 0.29) is 48.8 Å². The summed E-state index contributed by atoms with van der Waals surface area (Å²) in [6, 6.07) is 6.74. The number of aromatic nitrogens is 1. The number of nitrogens with one attached hydrogen (secondary N) is 1. The van der Waals surface area contributed by atoms with Gasteiger partial charge in [-0.3, -0.25) is 9.69 Å². The van der Waals surface area contributed by atoms with Gasteiger partial charge >= 0.3 is 6.03 Å². The Morgan fingerprint density at radius 2 is 1.87 bits per heavy atom. The second-order valence-electron chi connectivity index (χ2n) is 7.28. The van der Waals surface area contributed by atoms with E-state index in [0.717, 1.165) is 0 Å². The number of sulfonamides is 1. The Morgan fingerprint density at radius 1 is 1.13 bits per heavy atom. The number of nitrogens with zero attached hydrogens (tertiary/aromatic N) is 4. The molecule has 0 spiro atoms. The lowest BCUT2D eigenvalue weighted by molar-refractivity contribution is 0.0697. The maximum atomic E-state index is 13.0. The Bertz CT molecular complexity index is 1070. The molecule has 0 aliphatic carbocycles. The maximum absolute atomic E-state index is 13.0. The van der Waals surface area contributed by atoms with Crippen LogP contribution in [0.4, 0.5) is 10.5 Å². The fraction of sp³-hybridized carbons (Fsp3) is 0.421. The number of carbonyl (C=O) groups is 2. The fourth-order valence-electron chi connectivity index (χ4n) is 3.81. The number of urea groups is 1. The number of benzene rings is 1. The van der Waals surface area contributed by atoms with Crippen molar-refractivity contribution in [2.45, 2.75) is 18.7 Å². The van der Waals surface area contributed by atoms with Gasteiger partial charge in [-0.1, -0.05) is 11.2 Å². The van der Waals surface area contributed by atoms with Gasteiger partial charge in [0.2, 0.25) is 10.0 Å². The molecule has 3 heterocycles. The number of hydrogen-bond acceptors (Lipinski definition) is 6. The summed E-state index contributed by atoms with van der Waals surface area (Å²) in [5, 5.41) is 6.47. The van der Waals surface area contributed by atoms with E-state index < -0.39 is 10.0 Å². The summed E-state index contributed by atoms with van der Waals surface area (Å²) in [5.74, 6) is 0.0691. The van der Waals surface area contributed by atoms with Gasteiger partial charge in [-0.15, -0.1) is 0 Å². The van der Waals surface area contributed by atoms with Crippen molar-refractivity contribution in [2.24, 2.45) is 0 Å². The summed E-state index contributed by atoms with van der Waals surface area (Å²) in [4.78, 5) is 28.1. The lowest BCUT2D eigenvalue weighted by Crippen LogP contribution is -2.50. The van der Waals surface area contributed by atoms with Crippen LogP contribution in [0.5, 0.6) is 0 Å². The molecule has 2 aliphatic rings. The van der Waals surface area contributed by atoms with E-state index in [1.807, 2.05) is 0 Å². The molecule has 11 heteroatoms. The molecule has 0 unspecified atom stereocenters. The average molecular weight is 433 g/mol. The number of rotatable bonds is 4. The first-order valence-electron chi connectivity index (χ1n) is 9.67. The van der Waals surface area contributed by atoms with Crippen LogP contribution in [-0.2, 0) is 10.0 Å². The molecule has 0 atom stereocenters. The predicted molar refractivity (Wildman–Crippen MR) is 108 cm³/mol. The van der Waals surface area contributed by atoms with E-state index in [2.05, 4.69) is 10.5 Å². The number of amides is 3. The van der Waals surface area contributed by atoms with Crippen molar-refractivity contribution >= 4 is 27.6 Å². The number of aryl methyl sites for hydroxylation is 2. The summed E-state index contributed by atoms with van der Waals surface area (Å²) in [6.45, 7) is 5.20. The molecule has 0 saturated carbocycles. The van der Waals surface area contributed by atoms with Gasteiger partial charge in [0.15, 0.2) is 5.76 Å². The van der Waals surface area contributed by atoms with Crippen molar-refractivity contribution in [1.82, 2.24) is 19.7 Å². The molecule has 3 amide bonds. The van der Waals surface area contributed by atoms with E-state index in [0.29, 0.717) is 30.0 Å². The van der Waals surface area contributed by atoms with Gasteiger partial charge < -0.3 is 14.7 Å². The molecule has 2 saturated heterocycles. The van der Waals surface area contributed by atoms with E-state index in [4.69, 9.17) is 4.52 Å². The summed E-state index contributed by atoms with van der Waals surface area (Å²) in [5.41, 5.74) is 1.46.